The standard InChI is InChI=1S/C19H23N3O3.C14H13NO4/c1-21-10-7-13-14-5-6-17(23)15(11-20-22-8-3-2-4-9-22)18(14)25-19(24)16(13)12-21;1-15-5-4-8-9-2-3-12(17)11(7-16)13(9)19-14(18)10(8)6-15/h5-6,11,23H,2-4,7-10,12H2,1H3;2-3,7,17H,4-6H2,1H3/b20-11+;. The molecule has 0 saturated carbocycles. The lowest BCUT2D eigenvalue weighted by atomic mass is 9.96. The fraction of sp³-hybridized carbons (Fsp3) is 0.394. The van der Waals surface area contributed by atoms with E-state index in [0.717, 1.165) is 79.3 Å². The van der Waals surface area contributed by atoms with E-state index in [1.165, 1.54) is 12.5 Å². The molecule has 11 nitrogen and oxygen atoms in total. The molecule has 3 aliphatic rings. The Kier molecular flexibility index (Phi) is 8.24. The van der Waals surface area contributed by atoms with Crippen LogP contribution < -0.4 is 11.3 Å². The average Bonchev–Trinajstić information content (AvgIpc) is 3.02. The van der Waals surface area contributed by atoms with E-state index in [1.54, 1.807) is 18.3 Å². The largest absolute Gasteiger partial charge is 0.507 e. The van der Waals surface area contributed by atoms with E-state index in [4.69, 9.17) is 8.83 Å². The van der Waals surface area contributed by atoms with Crippen molar-refractivity contribution in [2.75, 3.05) is 40.3 Å². The summed E-state index contributed by atoms with van der Waals surface area (Å²) in [4.78, 5) is 39.7. The molecule has 0 radical (unpaired) electrons. The molecule has 0 aliphatic carbocycles. The zero-order chi connectivity index (χ0) is 31.0. The number of hydrogen-bond donors (Lipinski definition) is 2. The molecule has 2 aromatic heterocycles. The molecule has 4 aromatic rings. The van der Waals surface area contributed by atoms with Crippen molar-refractivity contribution in [3.8, 4) is 11.5 Å². The minimum atomic E-state index is -0.428. The molecule has 44 heavy (non-hydrogen) atoms. The van der Waals surface area contributed by atoms with Gasteiger partial charge >= 0.3 is 11.3 Å². The molecule has 7 rings (SSSR count). The lowest BCUT2D eigenvalue weighted by molar-refractivity contribution is 0.112. The zero-order valence-electron chi connectivity index (χ0n) is 25.0. The van der Waals surface area contributed by atoms with Crippen molar-refractivity contribution in [1.29, 1.82) is 0 Å². The molecule has 2 aromatic carbocycles. The number of phenolic OH excluding ortho intramolecular Hbond substituents is 2. The van der Waals surface area contributed by atoms with Gasteiger partial charge in [0.2, 0.25) is 0 Å². The predicted molar refractivity (Wildman–Crippen MR) is 167 cm³/mol. The van der Waals surface area contributed by atoms with Gasteiger partial charge in [-0.3, -0.25) is 9.80 Å². The number of hydrogen-bond acceptors (Lipinski definition) is 11. The van der Waals surface area contributed by atoms with Crippen molar-refractivity contribution in [2.24, 2.45) is 5.10 Å². The Hall–Kier alpha value is -4.48. The second-order valence-electron chi connectivity index (χ2n) is 11.8. The third-order valence-electron chi connectivity index (χ3n) is 8.75. The van der Waals surface area contributed by atoms with E-state index in [1.807, 2.05) is 30.1 Å². The van der Waals surface area contributed by atoms with Crippen LogP contribution in [0, 0.1) is 0 Å². The number of piperidine rings is 1. The molecular formula is C33H36N4O7. The molecule has 2 N–H and O–H groups in total. The molecule has 5 heterocycles. The minimum Gasteiger partial charge on any atom is -0.507 e. The first-order valence-corrected chi connectivity index (χ1v) is 15.0. The Balaban J connectivity index is 0.000000162. The number of carbonyl (C=O) groups is 1. The van der Waals surface area contributed by atoms with Crippen LogP contribution in [-0.2, 0) is 25.9 Å². The third-order valence-corrected chi connectivity index (χ3v) is 8.75. The Bertz CT molecular complexity index is 1890. The van der Waals surface area contributed by atoms with Crippen LogP contribution in [0.3, 0.4) is 0 Å². The topological polar surface area (TPSA) is 140 Å². The summed E-state index contributed by atoms with van der Waals surface area (Å²) in [6.45, 7) is 4.75. The number of carbonyl (C=O) groups excluding carboxylic acids is 1. The van der Waals surface area contributed by atoms with E-state index in [2.05, 4.69) is 10.0 Å². The van der Waals surface area contributed by atoms with Gasteiger partial charge in [-0.15, -0.1) is 0 Å². The van der Waals surface area contributed by atoms with Gasteiger partial charge in [0.25, 0.3) is 0 Å². The van der Waals surface area contributed by atoms with Crippen LogP contribution in [0.1, 0.15) is 57.4 Å². The molecule has 11 heteroatoms. The smallest absolute Gasteiger partial charge is 0.341 e. The number of hydrazone groups is 1. The minimum absolute atomic E-state index is 0.0383. The second-order valence-corrected chi connectivity index (χ2v) is 11.8. The number of phenols is 2. The molecule has 0 unspecified atom stereocenters. The fourth-order valence-corrected chi connectivity index (χ4v) is 6.32. The van der Waals surface area contributed by atoms with Crippen LogP contribution >= 0.6 is 0 Å². The highest BCUT2D eigenvalue weighted by Gasteiger charge is 2.24. The number of nitrogens with zero attached hydrogens (tertiary/aromatic N) is 4. The first kappa shape index (κ1) is 29.6. The highest BCUT2D eigenvalue weighted by molar-refractivity contribution is 6.00. The number of likely N-dealkylation sites (N-methyl/N-ethyl adjacent to an activating group) is 2. The van der Waals surface area contributed by atoms with E-state index in [-0.39, 0.29) is 28.3 Å². The number of rotatable bonds is 3. The summed E-state index contributed by atoms with van der Waals surface area (Å²) in [5.41, 5.74) is 3.74. The van der Waals surface area contributed by atoms with Gasteiger partial charge in [0, 0.05) is 50.0 Å². The van der Waals surface area contributed by atoms with Crippen molar-refractivity contribution in [2.45, 2.75) is 45.2 Å². The Morgan fingerprint density at radius 1 is 0.705 bits per heavy atom. The summed E-state index contributed by atoms with van der Waals surface area (Å²) in [6.07, 6.45) is 7.19. The Morgan fingerprint density at radius 3 is 1.73 bits per heavy atom. The summed E-state index contributed by atoms with van der Waals surface area (Å²) in [5.74, 6) is -0.0807. The first-order chi connectivity index (χ1) is 21.2. The molecule has 0 atom stereocenters. The monoisotopic (exact) mass is 600 g/mol. The van der Waals surface area contributed by atoms with Crippen LogP contribution in [0.15, 0.2) is 47.8 Å². The number of fused-ring (bicyclic) bond motifs is 6. The van der Waals surface area contributed by atoms with Crippen molar-refractivity contribution < 1.29 is 23.8 Å². The molecule has 0 spiro atoms. The lowest BCUT2D eigenvalue weighted by Gasteiger charge is -2.25. The Morgan fingerprint density at radius 2 is 1.20 bits per heavy atom. The third kappa shape index (κ3) is 5.60. The van der Waals surface area contributed by atoms with Gasteiger partial charge in [0.15, 0.2) is 17.5 Å². The van der Waals surface area contributed by atoms with E-state index >= 15 is 0 Å². The number of aromatic hydroxyl groups is 2. The summed E-state index contributed by atoms with van der Waals surface area (Å²) in [5, 5.41) is 28.1. The van der Waals surface area contributed by atoms with Gasteiger partial charge in [0.05, 0.1) is 28.5 Å². The molecular weight excluding hydrogens is 564 g/mol. The van der Waals surface area contributed by atoms with Gasteiger partial charge in [-0.2, -0.15) is 5.10 Å². The van der Waals surface area contributed by atoms with E-state index in [9.17, 15) is 24.6 Å². The second kappa shape index (κ2) is 12.3. The average molecular weight is 601 g/mol. The van der Waals surface area contributed by atoms with Gasteiger partial charge in [-0.1, -0.05) is 0 Å². The van der Waals surface area contributed by atoms with Crippen molar-refractivity contribution >= 4 is 34.4 Å². The fourth-order valence-electron chi connectivity index (χ4n) is 6.32. The maximum Gasteiger partial charge on any atom is 0.341 e. The van der Waals surface area contributed by atoms with E-state index < -0.39 is 5.63 Å². The lowest BCUT2D eigenvalue weighted by Crippen LogP contribution is -2.31. The normalized spacial score (nSPS) is 17.4. The van der Waals surface area contributed by atoms with Gasteiger partial charge in [0.1, 0.15) is 11.5 Å². The van der Waals surface area contributed by atoms with Crippen LogP contribution in [-0.4, -0.2) is 77.8 Å². The molecule has 0 amide bonds. The summed E-state index contributed by atoms with van der Waals surface area (Å²) in [6, 6.07) is 6.67. The highest BCUT2D eigenvalue weighted by atomic mass is 16.4. The van der Waals surface area contributed by atoms with Crippen LogP contribution in [0.4, 0.5) is 0 Å². The van der Waals surface area contributed by atoms with Crippen molar-refractivity contribution in [1.82, 2.24) is 14.8 Å². The molecule has 3 aliphatic heterocycles. The summed E-state index contributed by atoms with van der Waals surface area (Å²) in [7, 11) is 3.94. The van der Waals surface area contributed by atoms with Gasteiger partial charge in [-0.05, 0) is 81.6 Å². The summed E-state index contributed by atoms with van der Waals surface area (Å²) < 4.78 is 10.8. The molecule has 1 saturated heterocycles. The maximum absolute atomic E-state index is 12.5. The van der Waals surface area contributed by atoms with Crippen molar-refractivity contribution in [3.05, 3.63) is 78.5 Å². The van der Waals surface area contributed by atoms with Gasteiger partial charge < -0.3 is 28.8 Å². The van der Waals surface area contributed by atoms with Crippen LogP contribution in [0.5, 0.6) is 11.5 Å². The molecule has 230 valence electrons. The van der Waals surface area contributed by atoms with Gasteiger partial charge in [-0.25, -0.2) is 9.59 Å². The number of benzene rings is 2. The predicted octanol–water partition coefficient (Wildman–Crippen LogP) is 3.61. The molecule has 0 bridgehead atoms. The number of aldehydes is 1. The highest BCUT2D eigenvalue weighted by Crippen LogP contribution is 2.32. The van der Waals surface area contributed by atoms with Crippen LogP contribution in [0.2, 0.25) is 0 Å². The van der Waals surface area contributed by atoms with Crippen LogP contribution in [0.25, 0.3) is 21.9 Å². The first-order valence-electron chi connectivity index (χ1n) is 15.0. The zero-order valence-corrected chi connectivity index (χ0v) is 25.0. The van der Waals surface area contributed by atoms with E-state index in [0.29, 0.717) is 36.1 Å². The Labute approximate surface area is 253 Å². The molecule has 1 fully saturated rings. The van der Waals surface area contributed by atoms with Crippen molar-refractivity contribution in [3.63, 3.8) is 0 Å². The maximum atomic E-state index is 12.5. The quantitative estimate of drug-likeness (QED) is 0.204. The SMILES string of the molecule is CN1CCc2c(c(=O)oc3c(/C=N/N4CCCCC4)c(O)ccc23)C1.CN1CCc2c(c(=O)oc3c(C=O)c(O)ccc23)C1. The summed E-state index contributed by atoms with van der Waals surface area (Å²) >= 11 is 0.